The Bertz CT molecular complexity index is 3500. The zero-order valence-electron chi connectivity index (χ0n) is 33.0. The fourth-order valence-corrected chi connectivity index (χ4v) is 9.19. The van der Waals surface area contributed by atoms with Crippen LogP contribution in [0.2, 0.25) is 0 Å². The van der Waals surface area contributed by atoms with Crippen LogP contribution in [0.4, 0.5) is 0 Å². The highest BCUT2D eigenvalue weighted by Gasteiger charge is 2.19. The predicted molar refractivity (Wildman–Crippen MR) is 251 cm³/mol. The van der Waals surface area contributed by atoms with E-state index in [1.54, 1.807) is 0 Å². The molecule has 0 aliphatic heterocycles. The molecule has 9 aromatic carbocycles. The normalized spacial score (nSPS) is 11.6. The molecule has 0 fully saturated rings. The molecule has 0 bridgehead atoms. The highest BCUT2D eigenvalue weighted by Crippen LogP contribution is 2.42. The summed E-state index contributed by atoms with van der Waals surface area (Å²) in [5.74, 6) is 0. The van der Waals surface area contributed by atoms with Crippen molar-refractivity contribution in [3.8, 4) is 33.6 Å². The SMILES string of the molecule is Cc1ccccc1.Cn1c2ccccc2c2ccc(-c3ccc4c(c3)c3cccc(-c5ccc6c7ccccc7n(-c7ccccc7)c6c5)c3n4-c3ccccc3)cc21. The van der Waals surface area contributed by atoms with Crippen LogP contribution in [0.1, 0.15) is 5.56 Å². The van der Waals surface area contributed by atoms with E-state index < -0.39 is 0 Å². The zero-order chi connectivity index (χ0) is 39.5. The quantitative estimate of drug-likeness (QED) is 0.170. The molecule has 0 amide bonds. The molecule has 3 aromatic heterocycles. The maximum Gasteiger partial charge on any atom is 0.0619 e. The average Bonchev–Trinajstić information content (AvgIpc) is 3.92. The van der Waals surface area contributed by atoms with Gasteiger partial charge in [0.05, 0.1) is 22.1 Å². The Morgan fingerprint density at radius 1 is 0.305 bits per heavy atom. The van der Waals surface area contributed by atoms with E-state index in [2.05, 4.69) is 222 Å². The molecule has 3 heterocycles. The lowest BCUT2D eigenvalue weighted by molar-refractivity contribution is 1.01. The molecule has 12 aromatic rings. The van der Waals surface area contributed by atoms with Gasteiger partial charge in [0.15, 0.2) is 0 Å². The van der Waals surface area contributed by atoms with Crippen molar-refractivity contribution in [2.45, 2.75) is 6.92 Å². The van der Waals surface area contributed by atoms with E-state index in [9.17, 15) is 0 Å². The van der Waals surface area contributed by atoms with Gasteiger partial charge in [-0.2, -0.15) is 0 Å². The second-order valence-corrected chi connectivity index (χ2v) is 15.5. The smallest absolute Gasteiger partial charge is 0.0619 e. The van der Waals surface area contributed by atoms with E-state index in [1.165, 1.54) is 93.2 Å². The summed E-state index contributed by atoms with van der Waals surface area (Å²) in [5.41, 5.74) is 15.8. The molecule has 0 aliphatic carbocycles. The molecule has 280 valence electrons. The number of para-hydroxylation sites is 5. The van der Waals surface area contributed by atoms with E-state index in [0.29, 0.717) is 0 Å². The molecule has 12 rings (SSSR count). The Labute approximate surface area is 343 Å². The Morgan fingerprint density at radius 2 is 0.797 bits per heavy atom. The molecule has 3 heteroatoms. The highest BCUT2D eigenvalue weighted by atomic mass is 15.0. The topological polar surface area (TPSA) is 14.8 Å². The summed E-state index contributed by atoms with van der Waals surface area (Å²) in [6.07, 6.45) is 0. The van der Waals surface area contributed by atoms with Gasteiger partial charge in [-0.15, -0.1) is 0 Å². The van der Waals surface area contributed by atoms with E-state index in [4.69, 9.17) is 0 Å². The minimum Gasteiger partial charge on any atom is -0.344 e. The zero-order valence-corrected chi connectivity index (χ0v) is 33.0. The molecular formula is C56H41N3. The minimum absolute atomic E-state index is 1.15. The first-order chi connectivity index (χ1) is 29.1. The van der Waals surface area contributed by atoms with Gasteiger partial charge in [0.1, 0.15) is 0 Å². The van der Waals surface area contributed by atoms with E-state index in [-0.39, 0.29) is 0 Å². The van der Waals surface area contributed by atoms with Crippen molar-refractivity contribution < 1.29 is 0 Å². The van der Waals surface area contributed by atoms with Crippen LogP contribution in [0.5, 0.6) is 0 Å². The van der Waals surface area contributed by atoms with Crippen molar-refractivity contribution >= 4 is 65.4 Å². The van der Waals surface area contributed by atoms with Crippen molar-refractivity contribution in [1.29, 1.82) is 0 Å². The third kappa shape index (κ3) is 5.74. The molecule has 0 radical (unpaired) electrons. The molecule has 0 spiro atoms. The fourth-order valence-electron chi connectivity index (χ4n) is 9.19. The van der Waals surface area contributed by atoms with Crippen LogP contribution in [-0.4, -0.2) is 13.7 Å². The Balaban J connectivity index is 0.000000517. The lowest BCUT2D eigenvalue weighted by atomic mass is 9.99. The summed E-state index contributed by atoms with van der Waals surface area (Å²) >= 11 is 0. The van der Waals surface area contributed by atoms with Gasteiger partial charge in [0.2, 0.25) is 0 Å². The number of aryl methyl sites for hydroxylation is 2. The average molecular weight is 756 g/mol. The molecule has 0 unspecified atom stereocenters. The highest BCUT2D eigenvalue weighted by molar-refractivity contribution is 6.16. The third-order valence-electron chi connectivity index (χ3n) is 12.0. The lowest BCUT2D eigenvalue weighted by Crippen LogP contribution is -1.96. The van der Waals surface area contributed by atoms with E-state index >= 15 is 0 Å². The summed E-state index contributed by atoms with van der Waals surface area (Å²) in [7, 11) is 2.17. The second kappa shape index (κ2) is 14.1. The van der Waals surface area contributed by atoms with E-state index in [0.717, 1.165) is 11.4 Å². The fraction of sp³-hybridized carbons (Fsp3) is 0.0357. The van der Waals surface area contributed by atoms with Gasteiger partial charge in [-0.05, 0) is 84.3 Å². The Kier molecular flexibility index (Phi) is 8.27. The number of hydrogen-bond donors (Lipinski definition) is 0. The van der Waals surface area contributed by atoms with Crippen molar-refractivity contribution in [3.05, 3.63) is 218 Å². The number of rotatable bonds is 4. The summed E-state index contributed by atoms with van der Waals surface area (Å²) in [5, 5.41) is 7.59. The second-order valence-electron chi connectivity index (χ2n) is 15.5. The van der Waals surface area contributed by atoms with Crippen molar-refractivity contribution in [1.82, 2.24) is 13.7 Å². The molecule has 3 nitrogen and oxygen atoms in total. The monoisotopic (exact) mass is 755 g/mol. The molecule has 0 saturated heterocycles. The Hall–Kier alpha value is -7.62. The first kappa shape index (κ1) is 34.6. The molecule has 59 heavy (non-hydrogen) atoms. The van der Waals surface area contributed by atoms with Gasteiger partial charge in [-0.3, -0.25) is 0 Å². The minimum atomic E-state index is 1.15. The van der Waals surface area contributed by atoms with Crippen LogP contribution >= 0.6 is 0 Å². The van der Waals surface area contributed by atoms with Gasteiger partial charge in [0, 0.05) is 67.3 Å². The Morgan fingerprint density at radius 3 is 1.49 bits per heavy atom. The van der Waals surface area contributed by atoms with Gasteiger partial charge >= 0.3 is 0 Å². The lowest BCUT2D eigenvalue weighted by Gasteiger charge is -2.13. The van der Waals surface area contributed by atoms with Crippen LogP contribution < -0.4 is 0 Å². The molecular weight excluding hydrogens is 715 g/mol. The van der Waals surface area contributed by atoms with Crippen LogP contribution in [0, 0.1) is 6.92 Å². The number of nitrogens with zero attached hydrogens (tertiary/aromatic N) is 3. The van der Waals surface area contributed by atoms with Crippen LogP contribution in [0.25, 0.3) is 99.0 Å². The standard InChI is InChI=1S/C49H33N3.C7H8/c1-50-44-21-10-8-17-38(44)40-26-23-33(30-47(40)50)32-25-28-46-43(29-32)42-20-12-19-37(49(42)52(46)36-15-6-3-7-16-36)34-24-27-41-39-18-9-11-22-45(39)51(48(41)31-34)35-13-4-2-5-14-35;1-7-5-3-2-4-6-7/h2-31H,1H3;2-6H,1H3. The first-order valence-electron chi connectivity index (χ1n) is 20.3. The summed E-state index contributed by atoms with van der Waals surface area (Å²) in [6.45, 7) is 2.08. The number of hydrogen-bond acceptors (Lipinski definition) is 0. The van der Waals surface area contributed by atoms with Gasteiger partial charge in [0.25, 0.3) is 0 Å². The molecule has 0 atom stereocenters. The van der Waals surface area contributed by atoms with Gasteiger partial charge < -0.3 is 13.7 Å². The molecule has 0 N–H and O–H groups in total. The van der Waals surface area contributed by atoms with Crippen LogP contribution in [0.3, 0.4) is 0 Å². The number of benzene rings is 9. The number of aromatic nitrogens is 3. The molecule has 0 saturated carbocycles. The van der Waals surface area contributed by atoms with Gasteiger partial charge in [-0.25, -0.2) is 0 Å². The molecule has 0 aliphatic rings. The number of fused-ring (bicyclic) bond motifs is 9. The largest absolute Gasteiger partial charge is 0.344 e. The summed E-state index contributed by atoms with van der Waals surface area (Å²) in [4.78, 5) is 0. The van der Waals surface area contributed by atoms with Gasteiger partial charge in [-0.1, -0.05) is 157 Å². The summed E-state index contributed by atoms with van der Waals surface area (Å²) in [6, 6.07) is 76.8. The predicted octanol–water partition coefficient (Wildman–Crippen LogP) is 14.9. The maximum atomic E-state index is 2.45. The first-order valence-corrected chi connectivity index (χ1v) is 20.3. The third-order valence-corrected chi connectivity index (χ3v) is 12.0. The maximum absolute atomic E-state index is 2.45. The van der Waals surface area contributed by atoms with Crippen molar-refractivity contribution in [2.24, 2.45) is 7.05 Å². The van der Waals surface area contributed by atoms with Crippen molar-refractivity contribution in [3.63, 3.8) is 0 Å². The van der Waals surface area contributed by atoms with Crippen LogP contribution in [0.15, 0.2) is 212 Å². The van der Waals surface area contributed by atoms with Crippen molar-refractivity contribution in [2.75, 3.05) is 0 Å². The van der Waals surface area contributed by atoms with Crippen LogP contribution in [-0.2, 0) is 7.05 Å². The van der Waals surface area contributed by atoms with E-state index in [1.807, 2.05) is 18.2 Å². The summed E-state index contributed by atoms with van der Waals surface area (Å²) < 4.78 is 7.17.